The Morgan fingerprint density at radius 3 is 1.28 bits per heavy atom. The highest BCUT2D eigenvalue weighted by Crippen LogP contribution is 2.26. The third kappa shape index (κ3) is 22.1. The zero-order valence-electron chi connectivity index (χ0n) is 57.6. The molecule has 1 saturated heterocycles. The van der Waals surface area contributed by atoms with Gasteiger partial charge in [0.05, 0.1) is 12.6 Å². The van der Waals surface area contributed by atoms with Gasteiger partial charge < -0.3 is 60.7 Å². The molecule has 0 spiro atoms. The zero-order chi connectivity index (χ0) is 67.6. The van der Waals surface area contributed by atoms with E-state index in [0.29, 0.717) is 6.42 Å². The van der Waals surface area contributed by atoms with Crippen molar-refractivity contribution in [2.45, 2.75) is 230 Å². The van der Waals surface area contributed by atoms with E-state index in [1.54, 1.807) is 68.4 Å². The molecule has 23 heteroatoms. The zero-order valence-corrected chi connectivity index (χ0v) is 57.6. The second-order valence-electron chi connectivity index (χ2n) is 27.1. The lowest BCUT2D eigenvalue weighted by atomic mass is 9.91. The number of nitrogens with zero attached hydrogens (tertiary/aromatic N) is 7. The first-order valence-electron chi connectivity index (χ1n) is 31.5. The van der Waals surface area contributed by atoms with Gasteiger partial charge in [-0.25, -0.2) is 0 Å². The molecule has 87 heavy (non-hydrogen) atoms. The Morgan fingerprint density at radius 1 is 0.448 bits per heavy atom. The van der Waals surface area contributed by atoms with Gasteiger partial charge in [-0.05, 0) is 99.7 Å². The van der Waals surface area contributed by atoms with Crippen molar-refractivity contribution in [3.63, 3.8) is 0 Å². The van der Waals surface area contributed by atoms with Gasteiger partial charge in [-0.1, -0.05) is 123 Å². The highest BCUT2D eigenvalue weighted by Gasteiger charge is 2.46. The Bertz CT molecular complexity index is 2380. The molecule has 1 aliphatic rings. The normalized spacial score (nSPS) is 26.6. The van der Waals surface area contributed by atoms with Crippen LogP contribution >= 0.6 is 0 Å². The van der Waals surface area contributed by atoms with Crippen LogP contribution in [0.4, 0.5) is 0 Å². The van der Waals surface area contributed by atoms with Crippen molar-refractivity contribution in [1.29, 1.82) is 0 Å². The van der Waals surface area contributed by atoms with Crippen molar-refractivity contribution in [3.05, 3.63) is 12.2 Å². The Morgan fingerprint density at radius 2 is 0.851 bits per heavy atom. The molecule has 0 aromatic carbocycles. The number of likely N-dealkylation sites (N-methyl/N-ethyl adjacent to an activating group) is 7. The minimum atomic E-state index is -1.61. The number of carbonyl (C=O) groups excluding carboxylic acids is 11. The van der Waals surface area contributed by atoms with Crippen molar-refractivity contribution >= 4 is 65.0 Å². The summed E-state index contributed by atoms with van der Waals surface area (Å²) in [6, 6.07) is -12.4. The largest absolute Gasteiger partial charge is 0.390 e. The van der Waals surface area contributed by atoms with Gasteiger partial charge in [0.25, 0.3) is 0 Å². The van der Waals surface area contributed by atoms with Gasteiger partial charge in [0.2, 0.25) is 65.0 Å². The van der Waals surface area contributed by atoms with E-state index in [-0.39, 0.29) is 55.8 Å². The van der Waals surface area contributed by atoms with Gasteiger partial charge in [-0.15, -0.1) is 0 Å². The lowest BCUT2D eigenvalue weighted by Gasteiger charge is -2.41. The Balaban J connectivity index is 4.39. The SMILES string of the molecule is C/C=C/C[C@@H](C)[C@@H](O)[C@H]1C(=O)N[C@@H](CC)C(=O)N(C)CC(=O)N(C)[C@@H](CC(C)C)C(=O)N[C@@H](C(C)C)C(=O)N(C)[C@@H](CC(C)C)C(=O)N[C@@H](C(C)C)C(=O)N[C@H](C)C(=O)N(C)[C@@H](CC(C)C)C(=O)N(C)[C@@H](CC(C)C)C(=O)N(C)[C@@H](C(C)C)C(=O)N1C. The summed E-state index contributed by atoms with van der Waals surface area (Å²) in [6.45, 7) is 31.4. The molecule has 1 rings (SSSR count). The summed E-state index contributed by atoms with van der Waals surface area (Å²) in [4.78, 5) is 170. The van der Waals surface area contributed by atoms with E-state index in [2.05, 4.69) is 21.3 Å². The molecule has 1 aliphatic heterocycles. The molecule has 1 fully saturated rings. The quantitative estimate of drug-likeness (QED) is 0.138. The molecule has 0 aromatic heterocycles. The maximum Gasteiger partial charge on any atom is 0.246 e. The molecule has 23 nitrogen and oxygen atoms in total. The highest BCUT2D eigenvalue weighted by atomic mass is 16.3. The van der Waals surface area contributed by atoms with Crippen LogP contribution in [-0.4, -0.2) is 227 Å². The van der Waals surface area contributed by atoms with E-state index in [0.717, 1.165) is 9.80 Å². The van der Waals surface area contributed by atoms with Gasteiger partial charge in [0, 0.05) is 49.3 Å². The van der Waals surface area contributed by atoms with Crippen LogP contribution in [0, 0.1) is 47.3 Å². The summed E-state index contributed by atoms with van der Waals surface area (Å²) in [6.07, 6.45) is 3.04. The van der Waals surface area contributed by atoms with E-state index < -0.39 is 162 Å². The topological polar surface area (TPSA) is 279 Å². The van der Waals surface area contributed by atoms with Crippen LogP contribution in [0.5, 0.6) is 0 Å². The van der Waals surface area contributed by atoms with Crippen LogP contribution in [0.25, 0.3) is 0 Å². The van der Waals surface area contributed by atoms with Crippen LogP contribution < -0.4 is 21.3 Å². The number of aliphatic hydroxyl groups is 1. The van der Waals surface area contributed by atoms with Crippen LogP contribution in [0.15, 0.2) is 12.2 Å². The summed E-state index contributed by atoms with van der Waals surface area (Å²) < 4.78 is 0. The van der Waals surface area contributed by atoms with E-state index in [1.807, 2.05) is 61.5 Å². The molecule has 1 heterocycles. The van der Waals surface area contributed by atoms with Gasteiger partial charge in [0.1, 0.15) is 60.4 Å². The average Bonchev–Trinajstić information content (AvgIpc) is 1.78. The van der Waals surface area contributed by atoms with E-state index >= 15 is 14.4 Å². The predicted octanol–water partition coefficient (Wildman–Crippen LogP) is 3.91. The van der Waals surface area contributed by atoms with Crippen molar-refractivity contribution < 1.29 is 57.8 Å². The summed E-state index contributed by atoms with van der Waals surface area (Å²) in [5.41, 5.74) is 0. The van der Waals surface area contributed by atoms with Crippen molar-refractivity contribution in [2.75, 3.05) is 55.9 Å². The predicted molar refractivity (Wildman–Crippen MR) is 338 cm³/mol. The lowest BCUT2D eigenvalue weighted by molar-refractivity contribution is -0.157. The van der Waals surface area contributed by atoms with Gasteiger partial charge in [0.15, 0.2) is 0 Å². The van der Waals surface area contributed by atoms with Crippen LogP contribution in [0.2, 0.25) is 0 Å². The Labute approximate surface area is 521 Å². The van der Waals surface area contributed by atoms with Crippen molar-refractivity contribution in [1.82, 2.24) is 55.6 Å². The maximum atomic E-state index is 15.2. The third-order valence-electron chi connectivity index (χ3n) is 16.6. The van der Waals surface area contributed by atoms with E-state index in [1.165, 1.54) is 80.8 Å². The van der Waals surface area contributed by atoms with Crippen LogP contribution in [0.3, 0.4) is 0 Å². The molecule has 0 aromatic rings. The first-order valence-corrected chi connectivity index (χ1v) is 31.5. The fourth-order valence-electron chi connectivity index (χ4n) is 11.1. The average molecular weight is 1230 g/mol. The summed E-state index contributed by atoms with van der Waals surface area (Å²) >= 11 is 0. The van der Waals surface area contributed by atoms with Gasteiger partial charge in [-0.3, -0.25) is 52.7 Å². The number of amides is 11. The third-order valence-corrected chi connectivity index (χ3v) is 16.6. The van der Waals surface area contributed by atoms with Crippen LogP contribution in [-0.2, 0) is 52.7 Å². The second-order valence-corrected chi connectivity index (χ2v) is 27.1. The van der Waals surface area contributed by atoms with Crippen molar-refractivity contribution in [2.24, 2.45) is 47.3 Å². The van der Waals surface area contributed by atoms with Gasteiger partial charge >= 0.3 is 0 Å². The molecule has 498 valence electrons. The standard InChI is InChI=1S/C64H115N11O12/c1-26-28-29-42(17)54(77)53-58(81)66-44(27-2)60(83)69(19)34-49(76)70(20)45(30-35(3)4)55(78)68-51(40(13)14)63(86)71(21)46(31-36(5)6)56(79)67-50(39(11)12)57(80)65-43(18)59(82)72(22)47(32-37(7)8)61(84)73(23)48(33-38(9)10)62(85)74(24)52(41(15)16)64(87)75(53)25/h26,28,35-48,50-54,77H,27,29-34H2,1-25H3,(H,65,80)(H,66,81)(H,67,79)(H,68,78)/b28-26+/t42-,43-,44+,45+,46+,47+,48+,50+,51+,52+,53+,54-/m1/s1. The summed E-state index contributed by atoms with van der Waals surface area (Å²) in [5, 5.41) is 23.3. The maximum absolute atomic E-state index is 15.2. The molecule has 12 atom stereocenters. The first-order chi connectivity index (χ1) is 40.1. The molecule has 0 saturated carbocycles. The molecule has 5 N–H and O–H groups in total. The minimum absolute atomic E-state index is 0.0222. The summed E-state index contributed by atoms with van der Waals surface area (Å²) in [7, 11) is 9.96. The lowest BCUT2D eigenvalue weighted by Crippen LogP contribution is -2.63. The Kier molecular flexibility index (Phi) is 32.4. The number of hydrogen-bond acceptors (Lipinski definition) is 12. The number of rotatable bonds is 16. The molecular formula is C64H115N11O12. The second kappa shape index (κ2) is 35.8. The number of hydrogen-bond donors (Lipinski definition) is 5. The summed E-state index contributed by atoms with van der Waals surface area (Å²) in [5.74, 6) is -10.2. The van der Waals surface area contributed by atoms with E-state index in [4.69, 9.17) is 0 Å². The fraction of sp³-hybridized carbons (Fsp3) is 0.797. The number of allylic oxidation sites excluding steroid dienone is 2. The molecule has 0 aliphatic carbocycles. The van der Waals surface area contributed by atoms with Crippen molar-refractivity contribution in [3.8, 4) is 0 Å². The van der Waals surface area contributed by atoms with Gasteiger partial charge in [-0.2, -0.15) is 0 Å². The smallest absolute Gasteiger partial charge is 0.246 e. The number of carbonyl (C=O) groups is 11. The first kappa shape index (κ1) is 78.9. The highest BCUT2D eigenvalue weighted by molar-refractivity contribution is 5.99. The molecule has 0 unspecified atom stereocenters. The molecule has 0 bridgehead atoms. The van der Waals surface area contributed by atoms with Crippen LogP contribution in [0.1, 0.15) is 163 Å². The fourth-order valence-corrected chi connectivity index (χ4v) is 11.1. The molecule has 11 amide bonds. The monoisotopic (exact) mass is 1230 g/mol. The van der Waals surface area contributed by atoms with E-state index in [9.17, 15) is 43.5 Å². The number of aliphatic hydroxyl groups excluding tert-OH is 1. The minimum Gasteiger partial charge on any atom is -0.390 e. The number of nitrogens with one attached hydrogen (secondary N) is 4. The Hall–Kier alpha value is -6.13. The molecule has 0 radical (unpaired) electrons. The molecular weight excluding hydrogens is 1110 g/mol.